The molecule has 4 rings (SSSR count). The first-order valence-electron chi connectivity index (χ1n) is 9.98. The number of hydrogen-bond donors (Lipinski definition) is 0. The molecule has 0 saturated carbocycles. The average molecular weight is 460 g/mol. The van der Waals surface area contributed by atoms with Crippen LogP contribution in [0, 0.1) is 10.1 Å². The van der Waals surface area contributed by atoms with Gasteiger partial charge in [-0.1, -0.05) is 11.6 Å². The number of aromatic nitrogens is 4. The van der Waals surface area contributed by atoms with E-state index in [1.807, 2.05) is 19.4 Å². The van der Waals surface area contributed by atoms with Crippen molar-refractivity contribution in [2.24, 2.45) is 7.05 Å². The third-order valence-corrected chi connectivity index (χ3v) is 5.46. The maximum Gasteiger partial charge on any atom is 0.274 e. The summed E-state index contributed by atoms with van der Waals surface area (Å²) in [7, 11) is 1.89. The molecule has 0 unspecified atom stereocenters. The number of nitro groups is 1. The first-order valence-corrected chi connectivity index (χ1v) is 10.4. The quantitative estimate of drug-likeness (QED) is 0.393. The van der Waals surface area contributed by atoms with E-state index in [0.29, 0.717) is 24.5 Å². The first kappa shape index (κ1) is 21.8. The van der Waals surface area contributed by atoms with Crippen LogP contribution in [0.3, 0.4) is 0 Å². The summed E-state index contributed by atoms with van der Waals surface area (Å²) in [5.41, 5.74) is 1.37. The molecule has 1 aliphatic heterocycles. The number of nitrogens with zero attached hydrogens (tertiary/aromatic N) is 7. The molecule has 1 aromatic carbocycles. The fourth-order valence-electron chi connectivity index (χ4n) is 3.49. The predicted octanol–water partition coefficient (Wildman–Crippen LogP) is 2.17. The number of halogens is 1. The van der Waals surface area contributed by atoms with Crippen LogP contribution in [0.1, 0.15) is 16.1 Å². The topological polar surface area (TPSA) is 112 Å². The van der Waals surface area contributed by atoms with Crippen molar-refractivity contribution < 1.29 is 14.5 Å². The van der Waals surface area contributed by atoms with Crippen LogP contribution >= 0.6 is 11.6 Å². The minimum absolute atomic E-state index is 0.0176. The molecule has 168 valence electrons. The standard InChI is InChI=1S/C20H22ClN7O4/c1-24-12-15(11-22-24)13-25-6-8-26(9-7-25)20(29)18-4-5-27(23-18)14-32-19-3-2-16(28(30)31)10-17(19)21/h2-5,10-12H,6-9,13-14H2,1H3. The monoisotopic (exact) mass is 459 g/mol. The van der Waals surface area contributed by atoms with E-state index in [0.717, 1.165) is 25.2 Å². The second-order valence-corrected chi connectivity index (χ2v) is 7.88. The van der Waals surface area contributed by atoms with Crippen LogP contribution in [-0.4, -0.2) is 66.4 Å². The second-order valence-electron chi connectivity index (χ2n) is 7.48. The molecule has 3 aromatic rings. The average Bonchev–Trinajstić information content (AvgIpc) is 3.41. The molecule has 3 heterocycles. The van der Waals surface area contributed by atoms with Gasteiger partial charge in [0.15, 0.2) is 12.4 Å². The number of aryl methyl sites for hydroxylation is 1. The number of amides is 1. The minimum Gasteiger partial charge on any atom is -0.470 e. The Morgan fingerprint density at radius 3 is 2.69 bits per heavy atom. The van der Waals surface area contributed by atoms with Gasteiger partial charge in [-0.2, -0.15) is 10.2 Å². The van der Waals surface area contributed by atoms with E-state index in [4.69, 9.17) is 16.3 Å². The largest absolute Gasteiger partial charge is 0.470 e. The molecule has 1 amide bonds. The summed E-state index contributed by atoms with van der Waals surface area (Å²) < 4.78 is 8.83. The number of rotatable bonds is 7. The van der Waals surface area contributed by atoms with Crippen molar-refractivity contribution in [3.8, 4) is 5.75 Å². The molecule has 0 N–H and O–H groups in total. The van der Waals surface area contributed by atoms with E-state index in [1.54, 1.807) is 21.8 Å². The van der Waals surface area contributed by atoms with Crippen molar-refractivity contribution in [1.29, 1.82) is 0 Å². The van der Waals surface area contributed by atoms with E-state index in [9.17, 15) is 14.9 Å². The van der Waals surface area contributed by atoms with E-state index in [1.165, 1.54) is 22.9 Å². The Morgan fingerprint density at radius 1 is 1.25 bits per heavy atom. The molecule has 32 heavy (non-hydrogen) atoms. The molecule has 0 aliphatic carbocycles. The highest BCUT2D eigenvalue weighted by atomic mass is 35.5. The number of carbonyl (C=O) groups excluding carboxylic acids is 1. The van der Waals surface area contributed by atoms with Gasteiger partial charge in [0.25, 0.3) is 11.6 Å². The van der Waals surface area contributed by atoms with Crippen LogP contribution in [0.5, 0.6) is 5.75 Å². The molecule has 0 radical (unpaired) electrons. The lowest BCUT2D eigenvalue weighted by atomic mass is 10.2. The summed E-state index contributed by atoms with van der Waals surface area (Å²) in [5, 5.41) is 19.4. The van der Waals surface area contributed by atoms with Crippen molar-refractivity contribution in [2.75, 3.05) is 26.2 Å². The molecule has 1 aliphatic rings. The molecule has 0 atom stereocenters. The zero-order chi connectivity index (χ0) is 22.7. The summed E-state index contributed by atoms with van der Waals surface area (Å²) in [5.74, 6) is 0.170. The van der Waals surface area contributed by atoms with E-state index in [-0.39, 0.29) is 23.3 Å². The lowest BCUT2D eigenvalue weighted by Gasteiger charge is -2.34. The van der Waals surface area contributed by atoms with Crippen LogP contribution in [0.25, 0.3) is 0 Å². The number of benzene rings is 1. The van der Waals surface area contributed by atoms with Gasteiger partial charge in [0, 0.05) is 69.9 Å². The van der Waals surface area contributed by atoms with Gasteiger partial charge >= 0.3 is 0 Å². The van der Waals surface area contributed by atoms with Gasteiger partial charge in [0.05, 0.1) is 16.1 Å². The van der Waals surface area contributed by atoms with Gasteiger partial charge in [-0.25, -0.2) is 4.68 Å². The number of carbonyl (C=O) groups is 1. The molecular formula is C20H22ClN7O4. The Balaban J connectivity index is 1.29. The Morgan fingerprint density at radius 2 is 2.03 bits per heavy atom. The van der Waals surface area contributed by atoms with Gasteiger partial charge in [-0.3, -0.25) is 24.5 Å². The lowest BCUT2D eigenvalue weighted by Crippen LogP contribution is -2.48. The van der Waals surface area contributed by atoms with Gasteiger partial charge in [0.2, 0.25) is 0 Å². The fourth-order valence-corrected chi connectivity index (χ4v) is 3.72. The van der Waals surface area contributed by atoms with Crippen LogP contribution in [0.15, 0.2) is 42.9 Å². The SMILES string of the molecule is Cn1cc(CN2CCN(C(=O)c3ccn(COc4ccc([N+](=O)[O-])cc4Cl)n3)CC2)cn1. The van der Waals surface area contributed by atoms with E-state index < -0.39 is 4.92 Å². The van der Waals surface area contributed by atoms with Crippen LogP contribution in [0.4, 0.5) is 5.69 Å². The summed E-state index contributed by atoms with van der Waals surface area (Å²) in [6.45, 7) is 3.64. The zero-order valence-corrected chi connectivity index (χ0v) is 18.2. The molecule has 2 aromatic heterocycles. The first-order chi connectivity index (χ1) is 15.4. The van der Waals surface area contributed by atoms with Gasteiger partial charge in [-0.05, 0) is 12.1 Å². The molecule has 12 heteroatoms. The highest BCUT2D eigenvalue weighted by molar-refractivity contribution is 6.32. The van der Waals surface area contributed by atoms with Gasteiger partial charge in [-0.15, -0.1) is 0 Å². The van der Waals surface area contributed by atoms with Gasteiger partial charge in [0.1, 0.15) is 5.75 Å². The van der Waals surface area contributed by atoms with Crippen LogP contribution in [0.2, 0.25) is 5.02 Å². The van der Waals surface area contributed by atoms with Crippen LogP contribution < -0.4 is 4.74 Å². The molecule has 1 fully saturated rings. The number of hydrogen-bond acceptors (Lipinski definition) is 7. The predicted molar refractivity (Wildman–Crippen MR) is 115 cm³/mol. The van der Waals surface area contributed by atoms with Crippen molar-refractivity contribution in [1.82, 2.24) is 29.4 Å². The van der Waals surface area contributed by atoms with Crippen molar-refractivity contribution in [2.45, 2.75) is 13.3 Å². The second kappa shape index (κ2) is 9.37. The molecule has 1 saturated heterocycles. The van der Waals surface area contributed by atoms with Crippen molar-refractivity contribution in [3.63, 3.8) is 0 Å². The van der Waals surface area contributed by atoms with E-state index >= 15 is 0 Å². The summed E-state index contributed by atoms with van der Waals surface area (Å²) >= 11 is 6.03. The zero-order valence-electron chi connectivity index (χ0n) is 17.4. The number of nitro benzene ring substituents is 1. The Labute approximate surface area is 188 Å². The third-order valence-electron chi connectivity index (χ3n) is 5.16. The summed E-state index contributed by atoms with van der Waals surface area (Å²) in [4.78, 5) is 27.2. The van der Waals surface area contributed by atoms with E-state index in [2.05, 4.69) is 15.1 Å². The molecule has 0 spiro atoms. The normalized spacial score (nSPS) is 14.5. The summed E-state index contributed by atoms with van der Waals surface area (Å²) in [6.07, 6.45) is 5.50. The number of non-ortho nitro benzene ring substituents is 1. The molecule has 11 nitrogen and oxygen atoms in total. The van der Waals surface area contributed by atoms with Crippen molar-refractivity contribution in [3.05, 3.63) is 69.3 Å². The maximum absolute atomic E-state index is 12.8. The summed E-state index contributed by atoms with van der Waals surface area (Å²) in [6, 6.07) is 5.61. The maximum atomic E-state index is 12.8. The number of piperazine rings is 1. The highest BCUT2D eigenvalue weighted by Gasteiger charge is 2.24. The Hall–Kier alpha value is -3.44. The molecule has 0 bridgehead atoms. The fraction of sp³-hybridized carbons (Fsp3) is 0.350. The smallest absolute Gasteiger partial charge is 0.274 e. The molecular weight excluding hydrogens is 438 g/mol. The van der Waals surface area contributed by atoms with Crippen LogP contribution in [-0.2, 0) is 20.3 Å². The Kier molecular flexibility index (Phi) is 6.37. The van der Waals surface area contributed by atoms with Gasteiger partial charge < -0.3 is 9.64 Å². The number of ether oxygens (including phenoxy) is 1. The third kappa shape index (κ3) is 5.06. The van der Waals surface area contributed by atoms with Crippen molar-refractivity contribution >= 4 is 23.2 Å². The minimum atomic E-state index is -0.528. The highest BCUT2D eigenvalue weighted by Crippen LogP contribution is 2.28. The Bertz CT molecular complexity index is 1120. The lowest BCUT2D eigenvalue weighted by molar-refractivity contribution is -0.384.